The van der Waals surface area contributed by atoms with Crippen molar-refractivity contribution in [3.8, 4) is 0 Å². The van der Waals surface area contributed by atoms with E-state index in [0.717, 1.165) is 42.3 Å². The highest BCUT2D eigenvalue weighted by molar-refractivity contribution is 7.94. The minimum absolute atomic E-state index is 0.611. The molecule has 4 heteroatoms. The molecule has 1 aromatic carbocycles. The van der Waals surface area contributed by atoms with E-state index in [4.69, 9.17) is 4.18 Å². The summed E-state index contributed by atoms with van der Waals surface area (Å²) in [6.07, 6.45) is 15.3. The van der Waals surface area contributed by atoms with E-state index in [1.165, 1.54) is 63.4 Å². The lowest BCUT2D eigenvalue weighted by Crippen LogP contribution is -2.00. The zero-order chi connectivity index (χ0) is 18.3. The third-order valence-corrected chi connectivity index (χ3v) is 5.10. The van der Waals surface area contributed by atoms with Gasteiger partial charge in [0.25, 0.3) is 0 Å². The summed E-state index contributed by atoms with van der Waals surface area (Å²) in [6.45, 7) is 2.25. The predicted molar refractivity (Wildman–Crippen MR) is 106 cm³/mol. The van der Waals surface area contributed by atoms with Gasteiger partial charge in [-0.1, -0.05) is 64.7 Å². The van der Waals surface area contributed by atoms with E-state index in [2.05, 4.69) is 6.92 Å². The lowest BCUT2D eigenvalue weighted by atomic mass is 9.96. The highest BCUT2D eigenvalue weighted by Gasteiger charge is 2.11. The van der Waals surface area contributed by atoms with Crippen LogP contribution in [0, 0.1) is 0 Å². The molecule has 0 atom stereocenters. The molecule has 0 saturated carbocycles. The fourth-order valence-electron chi connectivity index (χ4n) is 3.12. The standard InChI is InChI=1S/C21H32O3S/c1-3-4-5-6-7-8-9-10-11-12-13-21-18(16-22)14-20(25-24-2)15-19(21)17-23/h14-17H,3-13H2,1-2H3. The number of unbranched alkanes of at least 4 members (excludes halogenated alkanes) is 9. The fraction of sp³-hybridized carbons (Fsp3) is 0.619. The van der Waals surface area contributed by atoms with Crippen molar-refractivity contribution < 1.29 is 13.8 Å². The van der Waals surface area contributed by atoms with Gasteiger partial charge in [0.15, 0.2) is 0 Å². The molecule has 0 bridgehead atoms. The Balaban J connectivity index is 2.36. The number of carbonyl (C=O) groups is 2. The molecule has 0 unspecified atom stereocenters. The van der Waals surface area contributed by atoms with Crippen LogP contribution in [-0.2, 0) is 10.6 Å². The Morgan fingerprint density at radius 3 is 1.76 bits per heavy atom. The Morgan fingerprint density at radius 2 is 1.32 bits per heavy atom. The molecule has 0 aliphatic rings. The Hall–Kier alpha value is -1.13. The largest absolute Gasteiger partial charge is 0.314 e. The van der Waals surface area contributed by atoms with E-state index in [1.54, 1.807) is 19.2 Å². The molecule has 0 fully saturated rings. The van der Waals surface area contributed by atoms with Crippen LogP contribution < -0.4 is 0 Å². The van der Waals surface area contributed by atoms with Crippen molar-refractivity contribution in [3.63, 3.8) is 0 Å². The van der Waals surface area contributed by atoms with Gasteiger partial charge in [-0.15, -0.1) is 0 Å². The predicted octanol–water partition coefficient (Wildman–Crippen LogP) is 6.43. The Morgan fingerprint density at radius 1 is 0.840 bits per heavy atom. The van der Waals surface area contributed by atoms with E-state index in [0.29, 0.717) is 11.1 Å². The first kappa shape index (κ1) is 21.9. The molecule has 0 spiro atoms. The lowest BCUT2D eigenvalue weighted by molar-refractivity contribution is 0.112. The molecule has 0 aliphatic carbocycles. The number of hydrogen-bond acceptors (Lipinski definition) is 4. The molecule has 1 aromatic rings. The average molecular weight is 365 g/mol. The van der Waals surface area contributed by atoms with Gasteiger partial charge in [0.05, 0.1) is 7.11 Å². The molecular formula is C21H32O3S. The average Bonchev–Trinajstić information content (AvgIpc) is 2.63. The molecule has 140 valence electrons. The maximum atomic E-state index is 11.4. The minimum Gasteiger partial charge on any atom is -0.314 e. The van der Waals surface area contributed by atoms with Crippen molar-refractivity contribution in [3.05, 3.63) is 28.8 Å². The summed E-state index contributed by atoms with van der Waals surface area (Å²) < 4.78 is 5.02. The molecule has 0 aromatic heterocycles. The zero-order valence-corrected chi connectivity index (χ0v) is 16.5. The second kappa shape index (κ2) is 14.1. The summed E-state index contributed by atoms with van der Waals surface area (Å²) in [6, 6.07) is 3.61. The second-order valence-corrected chi connectivity index (χ2v) is 7.47. The first-order valence-electron chi connectivity index (χ1n) is 9.54. The smallest absolute Gasteiger partial charge is 0.150 e. The molecule has 1 rings (SSSR count). The molecule has 0 aliphatic heterocycles. The molecular weight excluding hydrogens is 332 g/mol. The summed E-state index contributed by atoms with van der Waals surface area (Å²) in [4.78, 5) is 23.5. The summed E-state index contributed by atoms with van der Waals surface area (Å²) >= 11 is 1.17. The molecule has 3 nitrogen and oxygen atoms in total. The van der Waals surface area contributed by atoms with Crippen LogP contribution in [-0.4, -0.2) is 19.7 Å². The summed E-state index contributed by atoms with van der Waals surface area (Å²) in [5, 5.41) is 0. The zero-order valence-electron chi connectivity index (χ0n) is 15.7. The van der Waals surface area contributed by atoms with Crippen molar-refractivity contribution >= 4 is 24.6 Å². The van der Waals surface area contributed by atoms with Crippen LogP contribution in [0.3, 0.4) is 0 Å². The first-order chi connectivity index (χ1) is 12.3. The van der Waals surface area contributed by atoms with Crippen molar-refractivity contribution in [2.75, 3.05) is 7.11 Å². The molecule has 0 heterocycles. The number of carbonyl (C=O) groups excluding carboxylic acids is 2. The summed E-state index contributed by atoms with van der Waals surface area (Å²) in [5.41, 5.74) is 2.10. The highest BCUT2D eigenvalue weighted by atomic mass is 32.2. The Kier molecular flexibility index (Phi) is 12.3. The number of benzene rings is 1. The van der Waals surface area contributed by atoms with E-state index >= 15 is 0 Å². The van der Waals surface area contributed by atoms with Crippen molar-refractivity contribution in [2.45, 2.75) is 82.4 Å². The van der Waals surface area contributed by atoms with Gasteiger partial charge in [-0.25, -0.2) is 0 Å². The van der Waals surface area contributed by atoms with E-state index in [1.807, 2.05) is 0 Å². The van der Waals surface area contributed by atoms with Crippen LogP contribution in [0.15, 0.2) is 17.0 Å². The second-order valence-electron chi connectivity index (χ2n) is 6.50. The Labute approximate surface area is 157 Å². The quantitative estimate of drug-likeness (QED) is 0.204. The van der Waals surface area contributed by atoms with Gasteiger partial charge in [-0.2, -0.15) is 0 Å². The monoisotopic (exact) mass is 364 g/mol. The minimum atomic E-state index is 0.611. The number of rotatable bonds is 15. The lowest BCUT2D eigenvalue weighted by Gasteiger charge is -2.10. The van der Waals surface area contributed by atoms with Gasteiger partial charge in [-0.3, -0.25) is 9.59 Å². The van der Waals surface area contributed by atoms with Crippen LogP contribution in [0.1, 0.15) is 97.4 Å². The van der Waals surface area contributed by atoms with Crippen molar-refractivity contribution in [2.24, 2.45) is 0 Å². The van der Waals surface area contributed by atoms with Crippen LogP contribution in [0.25, 0.3) is 0 Å². The first-order valence-corrected chi connectivity index (χ1v) is 10.3. The summed E-state index contributed by atoms with van der Waals surface area (Å²) in [5.74, 6) is 0. The van der Waals surface area contributed by atoms with Gasteiger partial charge in [0.1, 0.15) is 12.6 Å². The van der Waals surface area contributed by atoms with Crippen LogP contribution in [0.4, 0.5) is 0 Å². The van der Waals surface area contributed by atoms with Gasteiger partial charge >= 0.3 is 0 Å². The van der Waals surface area contributed by atoms with E-state index < -0.39 is 0 Å². The van der Waals surface area contributed by atoms with Gasteiger partial charge in [0.2, 0.25) is 0 Å². The molecule has 0 N–H and O–H groups in total. The molecule has 0 saturated heterocycles. The number of aldehydes is 2. The molecule has 0 radical (unpaired) electrons. The fourth-order valence-corrected chi connectivity index (χ4v) is 3.66. The van der Waals surface area contributed by atoms with Crippen molar-refractivity contribution in [1.29, 1.82) is 0 Å². The molecule has 25 heavy (non-hydrogen) atoms. The molecule has 0 amide bonds. The Bertz CT molecular complexity index is 485. The summed E-state index contributed by atoms with van der Waals surface area (Å²) in [7, 11) is 1.57. The number of hydrogen-bond donors (Lipinski definition) is 0. The topological polar surface area (TPSA) is 43.4 Å². The van der Waals surface area contributed by atoms with Crippen molar-refractivity contribution in [1.82, 2.24) is 0 Å². The normalized spacial score (nSPS) is 10.8. The van der Waals surface area contributed by atoms with Crippen LogP contribution in [0.5, 0.6) is 0 Å². The van der Waals surface area contributed by atoms with E-state index in [9.17, 15) is 9.59 Å². The maximum Gasteiger partial charge on any atom is 0.150 e. The maximum absolute atomic E-state index is 11.4. The third-order valence-electron chi connectivity index (χ3n) is 4.51. The van der Waals surface area contributed by atoms with E-state index in [-0.39, 0.29) is 0 Å². The third kappa shape index (κ3) is 8.68. The van der Waals surface area contributed by atoms with Crippen LogP contribution in [0.2, 0.25) is 0 Å². The van der Waals surface area contributed by atoms with Crippen LogP contribution >= 0.6 is 12.0 Å². The van der Waals surface area contributed by atoms with Gasteiger partial charge < -0.3 is 4.18 Å². The van der Waals surface area contributed by atoms with Gasteiger partial charge in [-0.05, 0) is 30.5 Å². The highest BCUT2D eigenvalue weighted by Crippen LogP contribution is 2.25. The van der Waals surface area contributed by atoms with Gasteiger partial charge in [0, 0.05) is 28.1 Å². The SMILES string of the molecule is CCCCCCCCCCCCc1c(C=O)cc(SOC)cc1C=O.